The molecule has 0 saturated heterocycles. The van der Waals surface area contributed by atoms with Crippen LogP contribution in [0.3, 0.4) is 0 Å². The number of aromatic nitrogens is 1. The third-order valence-electron chi connectivity index (χ3n) is 3.64. The Bertz CT molecular complexity index is 1110. The van der Waals surface area contributed by atoms with E-state index < -0.39 is 28.8 Å². The van der Waals surface area contributed by atoms with Crippen molar-refractivity contribution < 1.29 is 13.6 Å². The van der Waals surface area contributed by atoms with E-state index in [9.17, 15) is 18.4 Å². The first-order valence-corrected chi connectivity index (χ1v) is 9.06. The highest BCUT2D eigenvalue weighted by Gasteiger charge is 2.21. The number of H-pyrrole nitrogens is 1. The maximum atomic E-state index is 14.0. The number of nitrogens with one attached hydrogen (secondary N) is 3. The number of primary amides is 1. The minimum atomic E-state index is -0.855. The van der Waals surface area contributed by atoms with Crippen LogP contribution in [0.4, 0.5) is 20.2 Å². The Morgan fingerprint density at radius 3 is 2.52 bits per heavy atom. The maximum absolute atomic E-state index is 14.0. The van der Waals surface area contributed by atoms with Gasteiger partial charge in [-0.15, -0.1) is 11.3 Å². The van der Waals surface area contributed by atoms with Crippen LogP contribution in [0.1, 0.15) is 20.8 Å². The predicted octanol–water partition coefficient (Wildman–Crippen LogP) is 3.74. The molecule has 0 bridgehead atoms. The van der Waals surface area contributed by atoms with Gasteiger partial charge in [0.05, 0.1) is 26.3 Å². The highest BCUT2D eigenvalue weighted by molar-refractivity contribution is 9.10. The summed E-state index contributed by atoms with van der Waals surface area (Å²) in [6, 6.07) is 4.72. The lowest BCUT2D eigenvalue weighted by Gasteiger charge is -2.14. The molecule has 2 heterocycles. The molecule has 3 rings (SSSR count). The minimum Gasteiger partial charge on any atom is -0.365 e. The Balaban J connectivity index is 2.13. The molecular weight excluding hydrogens is 442 g/mol. The van der Waals surface area contributed by atoms with Crippen molar-refractivity contribution in [3.05, 3.63) is 78.3 Å². The van der Waals surface area contributed by atoms with Gasteiger partial charge < -0.3 is 16.0 Å². The molecule has 0 fully saturated rings. The second-order valence-corrected chi connectivity index (χ2v) is 7.14. The number of rotatable bonds is 5. The standard InChI is InChI=1S/C17H11BrF2N4O2S/c18-8-5-23-17(26)12(13(21)7-4-11(16(22)25)27-6-7)14(8)24-15-9(19)2-1-3-10(15)20/h1-6,21H,(H2,22,25)(H2,23,24,26). The van der Waals surface area contributed by atoms with Gasteiger partial charge in [-0.05, 0) is 34.1 Å². The SMILES string of the molecule is N=C(c1csc(C(N)=O)c1)c1c(Nc2c(F)cccc2F)c(Br)c[nH]c1=O. The number of carbonyl (C=O) groups is 1. The number of para-hydroxylation sites is 1. The number of anilines is 2. The van der Waals surface area contributed by atoms with Crippen LogP contribution in [0.15, 0.2) is 45.1 Å². The van der Waals surface area contributed by atoms with Crippen molar-refractivity contribution in [2.24, 2.45) is 5.73 Å². The number of aromatic amines is 1. The van der Waals surface area contributed by atoms with Gasteiger partial charge >= 0.3 is 0 Å². The molecule has 0 spiro atoms. The van der Waals surface area contributed by atoms with Gasteiger partial charge in [0.25, 0.3) is 11.5 Å². The van der Waals surface area contributed by atoms with Crippen LogP contribution in [-0.2, 0) is 0 Å². The Kier molecular flexibility index (Phi) is 5.19. The molecule has 0 atom stereocenters. The van der Waals surface area contributed by atoms with E-state index in [4.69, 9.17) is 11.1 Å². The smallest absolute Gasteiger partial charge is 0.259 e. The predicted molar refractivity (Wildman–Crippen MR) is 103 cm³/mol. The zero-order chi connectivity index (χ0) is 19.7. The van der Waals surface area contributed by atoms with Crippen molar-refractivity contribution in [3.8, 4) is 0 Å². The summed E-state index contributed by atoms with van der Waals surface area (Å²) in [6.45, 7) is 0. The Morgan fingerprint density at radius 2 is 1.93 bits per heavy atom. The van der Waals surface area contributed by atoms with Crippen LogP contribution in [-0.4, -0.2) is 16.6 Å². The quantitative estimate of drug-likeness (QED) is 0.442. The molecule has 3 aromatic rings. The largest absolute Gasteiger partial charge is 0.365 e. The number of nitrogens with two attached hydrogens (primary N) is 1. The van der Waals surface area contributed by atoms with Gasteiger partial charge in [-0.1, -0.05) is 6.07 Å². The molecule has 0 aliphatic heterocycles. The molecule has 5 N–H and O–H groups in total. The topological polar surface area (TPSA) is 112 Å². The van der Waals surface area contributed by atoms with Gasteiger partial charge in [-0.25, -0.2) is 8.78 Å². The number of hydrogen-bond acceptors (Lipinski definition) is 5. The van der Waals surface area contributed by atoms with Gasteiger partial charge in [0.15, 0.2) is 0 Å². The molecule has 1 amide bonds. The Hall–Kier alpha value is -2.85. The van der Waals surface area contributed by atoms with Gasteiger partial charge in [0.1, 0.15) is 17.3 Å². The number of pyridine rings is 1. The number of halogens is 3. The monoisotopic (exact) mass is 452 g/mol. The maximum Gasteiger partial charge on any atom is 0.259 e. The average Bonchev–Trinajstić information content (AvgIpc) is 3.11. The fourth-order valence-corrected chi connectivity index (χ4v) is 3.51. The second-order valence-electron chi connectivity index (χ2n) is 5.38. The Morgan fingerprint density at radius 1 is 1.26 bits per heavy atom. The van der Waals surface area contributed by atoms with Crippen molar-refractivity contribution in [2.45, 2.75) is 0 Å². The first-order valence-electron chi connectivity index (χ1n) is 7.39. The zero-order valence-corrected chi connectivity index (χ0v) is 15.8. The number of amides is 1. The van der Waals surface area contributed by atoms with Gasteiger partial charge in [-0.3, -0.25) is 15.0 Å². The van der Waals surface area contributed by atoms with E-state index in [1.165, 1.54) is 23.7 Å². The summed E-state index contributed by atoms with van der Waals surface area (Å²) in [5.74, 6) is -2.37. The summed E-state index contributed by atoms with van der Waals surface area (Å²) >= 11 is 4.24. The van der Waals surface area contributed by atoms with E-state index in [2.05, 4.69) is 26.2 Å². The number of benzene rings is 1. The van der Waals surface area contributed by atoms with Crippen molar-refractivity contribution in [3.63, 3.8) is 0 Å². The lowest BCUT2D eigenvalue weighted by molar-refractivity contribution is 0.100. The molecule has 0 aliphatic carbocycles. The van der Waals surface area contributed by atoms with Crippen LogP contribution < -0.4 is 16.6 Å². The lowest BCUT2D eigenvalue weighted by Crippen LogP contribution is -2.21. The van der Waals surface area contributed by atoms with E-state index in [0.717, 1.165) is 23.5 Å². The van der Waals surface area contributed by atoms with E-state index in [0.29, 0.717) is 0 Å². The summed E-state index contributed by atoms with van der Waals surface area (Å²) in [7, 11) is 0. The van der Waals surface area contributed by atoms with Crippen molar-refractivity contribution >= 4 is 50.3 Å². The van der Waals surface area contributed by atoms with E-state index in [1.54, 1.807) is 0 Å². The zero-order valence-electron chi connectivity index (χ0n) is 13.4. The van der Waals surface area contributed by atoms with Crippen molar-refractivity contribution in [1.29, 1.82) is 5.41 Å². The number of hydrogen-bond donors (Lipinski definition) is 4. The molecule has 138 valence electrons. The number of thiophene rings is 1. The van der Waals surface area contributed by atoms with Crippen LogP contribution >= 0.6 is 27.3 Å². The van der Waals surface area contributed by atoms with Gasteiger partial charge in [0.2, 0.25) is 0 Å². The second kappa shape index (κ2) is 7.41. The summed E-state index contributed by atoms with van der Waals surface area (Å²) in [4.78, 5) is 26.3. The fourth-order valence-electron chi connectivity index (χ4n) is 2.35. The third kappa shape index (κ3) is 3.67. The average molecular weight is 453 g/mol. The van der Waals surface area contributed by atoms with Gasteiger partial charge in [-0.2, -0.15) is 0 Å². The molecule has 10 heteroatoms. The summed E-state index contributed by atoms with van der Waals surface area (Å²) in [6.07, 6.45) is 1.29. The molecule has 6 nitrogen and oxygen atoms in total. The Labute approximate surface area is 163 Å². The normalized spacial score (nSPS) is 10.6. The summed E-state index contributed by atoms with van der Waals surface area (Å²) < 4.78 is 28.3. The van der Waals surface area contributed by atoms with Crippen LogP contribution in [0.5, 0.6) is 0 Å². The molecular formula is C17H11BrF2N4O2S. The molecule has 0 saturated carbocycles. The number of carbonyl (C=O) groups excluding carboxylic acids is 1. The van der Waals surface area contributed by atoms with Crippen LogP contribution in [0.25, 0.3) is 0 Å². The lowest BCUT2D eigenvalue weighted by atomic mass is 10.0. The van der Waals surface area contributed by atoms with Gasteiger partial charge in [0, 0.05) is 17.1 Å². The minimum absolute atomic E-state index is 0.0135. The highest BCUT2D eigenvalue weighted by atomic mass is 79.9. The molecule has 1 aromatic carbocycles. The molecule has 0 radical (unpaired) electrons. The third-order valence-corrected chi connectivity index (χ3v) is 5.21. The fraction of sp³-hybridized carbons (Fsp3) is 0. The van der Waals surface area contributed by atoms with E-state index in [-0.39, 0.29) is 31.9 Å². The first-order chi connectivity index (χ1) is 12.8. The van der Waals surface area contributed by atoms with E-state index in [1.807, 2.05) is 0 Å². The van der Waals surface area contributed by atoms with Crippen molar-refractivity contribution in [2.75, 3.05) is 5.32 Å². The van der Waals surface area contributed by atoms with Crippen molar-refractivity contribution in [1.82, 2.24) is 4.98 Å². The molecule has 27 heavy (non-hydrogen) atoms. The van der Waals surface area contributed by atoms with Crippen LogP contribution in [0, 0.1) is 17.0 Å². The highest BCUT2D eigenvalue weighted by Crippen LogP contribution is 2.31. The molecule has 2 aromatic heterocycles. The van der Waals surface area contributed by atoms with Crippen LogP contribution in [0.2, 0.25) is 0 Å². The summed E-state index contributed by atoms with van der Waals surface area (Å²) in [5.41, 5.74) is 4.01. The first kappa shape index (κ1) is 18.9. The molecule has 0 unspecified atom stereocenters. The van der Waals surface area contributed by atoms with E-state index >= 15 is 0 Å². The molecule has 0 aliphatic rings. The summed E-state index contributed by atoms with van der Waals surface area (Å²) in [5, 5.41) is 12.4.